The van der Waals surface area contributed by atoms with Crippen LogP contribution in [-0.4, -0.2) is 22.0 Å². The van der Waals surface area contributed by atoms with Crippen molar-refractivity contribution in [2.45, 2.75) is 12.0 Å². The second-order valence-electron chi connectivity index (χ2n) is 6.05. The molecule has 0 aliphatic carbocycles. The predicted molar refractivity (Wildman–Crippen MR) is 98.1 cm³/mol. The van der Waals surface area contributed by atoms with E-state index in [-0.39, 0.29) is 22.4 Å². The van der Waals surface area contributed by atoms with Crippen LogP contribution < -0.4 is 10.6 Å². The van der Waals surface area contributed by atoms with Gasteiger partial charge in [-0.15, -0.1) is 0 Å². The fraction of sp³-hybridized carbons (Fsp3) is 0.105. The van der Waals surface area contributed by atoms with Gasteiger partial charge in [-0.3, -0.25) is 14.6 Å². The van der Waals surface area contributed by atoms with Crippen LogP contribution in [0.1, 0.15) is 11.5 Å². The zero-order valence-electron chi connectivity index (χ0n) is 13.5. The average molecular weight is 364 g/mol. The molecule has 0 bridgehead atoms. The van der Waals surface area contributed by atoms with E-state index in [1.165, 1.54) is 21.9 Å². The third-order valence-electron chi connectivity index (χ3n) is 4.68. The maximum Gasteiger partial charge on any atom is 0.257 e. The molecule has 2 aliphatic heterocycles. The lowest BCUT2D eigenvalue weighted by Gasteiger charge is -2.19. The molecule has 4 rings (SSSR count). The van der Waals surface area contributed by atoms with Gasteiger partial charge in [-0.2, -0.15) is 5.26 Å². The molecular weight excluding hydrogens is 351 g/mol. The highest BCUT2D eigenvalue weighted by Crippen LogP contribution is 2.44. The molecule has 26 heavy (non-hydrogen) atoms. The quantitative estimate of drug-likeness (QED) is 0.830. The molecule has 5 nitrogen and oxygen atoms in total. The summed E-state index contributed by atoms with van der Waals surface area (Å²) in [5.41, 5.74) is 7.72. The topological polar surface area (TPSA) is 73.4 Å². The van der Waals surface area contributed by atoms with Crippen molar-refractivity contribution < 1.29 is 9.18 Å². The molecule has 1 saturated heterocycles. The summed E-state index contributed by atoms with van der Waals surface area (Å²) >= 11 is 5.49. The molecule has 2 aliphatic rings. The molecule has 1 amide bonds. The number of carbonyl (C=O) groups excluding carboxylic acids is 1. The van der Waals surface area contributed by atoms with E-state index in [1.54, 1.807) is 24.3 Å². The van der Waals surface area contributed by atoms with Gasteiger partial charge >= 0.3 is 0 Å². The fourth-order valence-electron chi connectivity index (χ4n) is 3.52. The van der Waals surface area contributed by atoms with Crippen LogP contribution >= 0.6 is 12.2 Å². The van der Waals surface area contributed by atoms with Crippen molar-refractivity contribution in [3.8, 4) is 6.07 Å². The molecule has 2 N–H and O–H groups in total. The lowest BCUT2D eigenvalue weighted by atomic mass is 9.87. The first-order valence-corrected chi connectivity index (χ1v) is 8.33. The lowest BCUT2D eigenvalue weighted by molar-refractivity contribution is -0.119. The number of thiocarbonyl (C=S) groups is 1. The van der Waals surface area contributed by atoms with Crippen LogP contribution in [0.3, 0.4) is 0 Å². The zero-order chi connectivity index (χ0) is 18.4. The number of carbonyl (C=O) groups is 1. The summed E-state index contributed by atoms with van der Waals surface area (Å²) in [7, 11) is 0. The van der Waals surface area contributed by atoms with Gasteiger partial charge in [0.1, 0.15) is 17.7 Å². The number of para-hydroxylation sites is 1. The number of amides is 1. The van der Waals surface area contributed by atoms with Crippen molar-refractivity contribution >= 4 is 28.9 Å². The SMILES string of the molecule is N#CC1=C(N)N2C(=S)N(c3ccccc3)C(=O)C2C1c1ccc(F)cc1. The molecule has 0 spiro atoms. The van der Waals surface area contributed by atoms with E-state index >= 15 is 0 Å². The van der Waals surface area contributed by atoms with Crippen LogP contribution in [0.15, 0.2) is 66.0 Å². The number of nitrogens with two attached hydrogens (primary N) is 1. The number of benzene rings is 2. The third kappa shape index (κ3) is 2.20. The van der Waals surface area contributed by atoms with E-state index in [4.69, 9.17) is 18.0 Å². The van der Waals surface area contributed by atoms with Crippen molar-refractivity contribution in [1.82, 2.24) is 4.90 Å². The summed E-state index contributed by atoms with van der Waals surface area (Å²) in [5.74, 6) is -1.08. The van der Waals surface area contributed by atoms with Crippen LogP contribution in [0.2, 0.25) is 0 Å². The minimum absolute atomic E-state index is 0.170. The molecule has 0 aromatic heterocycles. The molecule has 2 unspecified atom stereocenters. The summed E-state index contributed by atoms with van der Waals surface area (Å²) in [6.45, 7) is 0. The molecule has 0 saturated carbocycles. The van der Waals surface area contributed by atoms with Gasteiger partial charge in [0.05, 0.1) is 23.2 Å². The Morgan fingerprint density at radius 1 is 1.12 bits per heavy atom. The second-order valence-corrected chi connectivity index (χ2v) is 6.41. The predicted octanol–water partition coefficient (Wildman–Crippen LogP) is 2.62. The number of fused-ring (bicyclic) bond motifs is 1. The van der Waals surface area contributed by atoms with E-state index in [0.717, 1.165) is 0 Å². The van der Waals surface area contributed by atoms with Gasteiger partial charge < -0.3 is 5.73 Å². The van der Waals surface area contributed by atoms with Crippen LogP contribution in [0.25, 0.3) is 0 Å². The van der Waals surface area contributed by atoms with Crippen molar-refractivity contribution in [3.05, 3.63) is 77.4 Å². The van der Waals surface area contributed by atoms with Gasteiger partial charge in [-0.05, 0) is 42.0 Å². The van der Waals surface area contributed by atoms with Crippen LogP contribution in [0, 0.1) is 17.1 Å². The Bertz CT molecular complexity index is 981. The Labute approximate surface area is 154 Å². The largest absolute Gasteiger partial charge is 0.384 e. The molecule has 7 heteroatoms. The first-order chi connectivity index (χ1) is 12.5. The summed E-state index contributed by atoms with van der Waals surface area (Å²) in [6.07, 6.45) is 0. The smallest absolute Gasteiger partial charge is 0.257 e. The standard InChI is InChI=1S/C19H13FN4OS/c20-12-8-6-11(7-9-12)15-14(10-21)17(22)24-16(15)18(25)23(19(24)26)13-4-2-1-3-5-13/h1-9,15-16H,22H2. The van der Waals surface area contributed by atoms with E-state index in [9.17, 15) is 14.4 Å². The van der Waals surface area contributed by atoms with Crippen LogP contribution in [-0.2, 0) is 4.79 Å². The van der Waals surface area contributed by atoms with E-state index in [1.807, 2.05) is 18.2 Å². The Morgan fingerprint density at radius 2 is 1.77 bits per heavy atom. The number of hydrogen-bond donors (Lipinski definition) is 1. The van der Waals surface area contributed by atoms with E-state index < -0.39 is 17.8 Å². The molecule has 1 fully saturated rings. The molecule has 2 aromatic carbocycles. The van der Waals surface area contributed by atoms with Crippen LogP contribution in [0.5, 0.6) is 0 Å². The van der Waals surface area contributed by atoms with Gasteiger partial charge in [0.25, 0.3) is 5.91 Å². The van der Waals surface area contributed by atoms with Gasteiger partial charge in [0.15, 0.2) is 5.11 Å². The molecular formula is C19H13FN4OS. The Kier molecular flexibility index (Phi) is 3.71. The van der Waals surface area contributed by atoms with Crippen molar-refractivity contribution in [2.75, 3.05) is 4.90 Å². The molecule has 2 aromatic rings. The van der Waals surface area contributed by atoms with Crippen molar-refractivity contribution in [1.29, 1.82) is 5.26 Å². The van der Waals surface area contributed by atoms with Gasteiger partial charge in [0, 0.05) is 0 Å². The summed E-state index contributed by atoms with van der Waals surface area (Å²) < 4.78 is 13.3. The van der Waals surface area contributed by atoms with Crippen molar-refractivity contribution in [3.63, 3.8) is 0 Å². The minimum Gasteiger partial charge on any atom is -0.384 e. The summed E-state index contributed by atoms with van der Waals surface area (Å²) in [6, 6.07) is 16.1. The molecule has 2 atom stereocenters. The van der Waals surface area contributed by atoms with E-state index in [2.05, 4.69) is 6.07 Å². The van der Waals surface area contributed by atoms with Gasteiger partial charge in [-0.1, -0.05) is 30.3 Å². The Balaban J connectivity index is 1.83. The number of nitrogens with zero attached hydrogens (tertiary/aromatic N) is 3. The zero-order valence-corrected chi connectivity index (χ0v) is 14.3. The summed E-state index contributed by atoms with van der Waals surface area (Å²) in [5, 5.41) is 9.81. The number of hydrogen-bond acceptors (Lipinski definition) is 4. The van der Waals surface area contributed by atoms with Crippen LogP contribution in [0.4, 0.5) is 10.1 Å². The van der Waals surface area contributed by atoms with Gasteiger partial charge in [-0.25, -0.2) is 4.39 Å². The van der Waals surface area contributed by atoms with Gasteiger partial charge in [0.2, 0.25) is 0 Å². The molecule has 2 heterocycles. The highest BCUT2D eigenvalue weighted by atomic mass is 32.1. The lowest BCUT2D eigenvalue weighted by Crippen LogP contribution is -2.35. The second kappa shape index (κ2) is 5.93. The molecule has 0 radical (unpaired) electrons. The summed E-state index contributed by atoms with van der Waals surface area (Å²) in [4.78, 5) is 16.1. The van der Waals surface area contributed by atoms with E-state index in [0.29, 0.717) is 11.3 Å². The third-order valence-corrected chi connectivity index (χ3v) is 5.05. The Morgan fingerprint density at radius 3 is 2.38 bits per heavy atom. The number of nitriles is 1. The average Bonchev–Trinajstić information content (AvgIpc) is 3.09. The highest BCUT2D eigenvalue weighted by molar-refractivity contribution is 7.80. The number of anilines is 1. The highest BCUT2D eigenvalue weighted by Gasteiger charge is 2.54. The van der Waals surface area contributed by atoms with Crippen molar-refractivity contribution in [2.24, 2.45) is 5.73 Å². The fourth-order valence-corrected chi connectivity index (χ4v) is 3.92. The monoisotopic (exact) mass is 364 g/mol. The maximum absolute atomic E-state index is 13.3. The first kappa shape index (κ1) is 16.2. The Hall–Kier alpha value is -3.24. The minimum atomic E-state index is -0.747. The normalized spacial score (nSPS) is 22.0. The maximum atomic E-state index is 13.3. The number of halogens is 1. The number of rotatable bonds is 2. The first-order valence-electron chi connectivity index (χ1n) is 7.92. The molecule has 128 valence electrons.